The van der Waals surface area contributed by atoms with Crippen LogP contribution in [0.5, 0.6) is 0 Å². The summed E-state index contributed by atoms with van der Waals surface area (Å²) in [6.07, 6.45) is 2.68. The lowest BCUT2D eigenvalue weighted by Gasteiger charge is -2.34. The van der Waals surface area contributed by atoms with Crippen molar-refractivity contribution in [2.75, 3.05) is 18.0 Å². The van der Waals surface area contributed by atoms with Crippen LogP contribution in [-0.4, -0.2) is 19.1 Å². The van der Waals surface area contributed by atoms with E-state index in [4.69, 9.17) is 0 Å². The summed E-state index contributed by atoms with van der Waals surface area (Å²) in [5.74, 6) is 0.809. The third-order valence-corrected chi connectivity index (χ3v) is 4.23. The van der Waals surface area contributed by atoms with Crippen LogP contribution in [0.15, 0.2) is 22.7 Å². The Hall–Kier alpha value is -0.540. The molecule has 1 aliphatic heterocycles. The van der Waals surface area contributed by atoms with Gasteiger partial charge in [-0.25, -0.2) is 0 Å². The van der Waals surface area contributed by atoms with Crippen molar-refractivity contribution < 1.29 is 0 Å². The number of hydrogen-bond acceptors (Lipinski definition) is 2. The molecule has 0 aliphatic carbocycles. The van der Waals surface area contributed by atoms with E-state index in [0.29, 0.717) is 6.04 Å². The average molecular weight is 325 g/mol. The smallest absolute Gasteiger partial charge is 0.0412 e. The van der Waals surface area contributed by atoms with E-state index in [0.717, 1.165) is 12.5 Å². The predicted octanol–water partition coefficient (Wildman–Crippen LogP) is 4.18. The van der Waals surface area contributed by atoms with Crippen molar-refractivity contribution >= 4 is 21.6 Å². The molecule has 1 fully saturated rings. The van der Waals surface area contributed by atoms with E-state index in [1.165, 1.54) is 41.7 Å². The van der Waals surface area contributed by atoms with E-state index in [-0.39, 0.29) is 0 Å². The quantitative estimate of drug-likeness (QED) is 0.893. The number of nitrogens with one attached hydrogen (secondary N) is 1. The number of anilines is 1. The highest BCUT2D eigenvalue weighted by atomic mass is 79.9. The fourth-order valence-corrected chi connectivity index (χ4v) is 3.13. The fourth-order valence-electron chi connectivity index (χ4n) is 2.73. The van der Waals surface area contributed by atoms with Crippen LogP contribution < -0.4 is 10.2 Å². The summed E-state index contributed by atoms with van der Waals surface area (Å²) in [5, 5.41) is 3.53. The second-order valence-corrected chi connectivity index (χ2v) is 6.92. The van der Waals surface area contributed by atoms with Gasteiger partial charge in [-0.3, -0.25) is 0 Å². The zero-order chi connectivity index (χ0) is 13.8. The minimum absolute atomic E-state index is 0.520. The van der Waals surface area contributed by atoms with Gasteiger partial charge in [0.15, 0.2) is 0 Å². The first-order chi connectivity index (χ1) is 9.06. The number of piperidine rings is 1. The van der Waals surface area contributed by atoms with E-state index >= 15 is 0 Å². The molecular formula is C16H25BrN2. The van der Waals surface area contributed by atoms with Crippen LogP contribution in [0.25, 0.3) is 0 Å². The van der Waals surface area contributed by atoms with Gasteiger partial charge in [-0.15, -0.1) is 0 Å². The van der Waals surface area contributed by atoms with Crippen molar-refractivity contribution in [2.45, 2.75) is 46.2 Å². The lowest BCUT2D eigenvalue weighted by atomic mass is 9.99. The second-order valence-electron chi connectivity index (χ2n) is 6.00. The highest BCUT2D eigenvalue weighted by Gasteiger charge is 2.18. The lowest BCUT2D eigenvalue weighted by molar-refractivity contribution is 0.445. The zero-order valence-corrected chi connectivity index (χ0v) is 13.8. The Morgan fingerprint density at radius 1 is 1.42 bits per heavy atom. The lowest BCUT2D eigenvalue weighted by Crippen LogP contribution is -2.35. The van der Waals surface area contributed by atoms with Gasteiger partial charge in [0.1, 0.15) is 0 Å². The van der Waals surface area contributed by atoms with E-state index in [1.54, 1.807) is 0 Å². The van der Waals surface area contributed by atoms with Crippen molar-refractivity contribution in [3.05, 3.63) is 28.2 Å². The van der Waals surface area contributed by atoms with Crippen LogP contribution in [0.3, 0.4) is 0 Å². The maximum absolute atomic E-state index is 3.59. The van der Waals surface area contributed by atoms with Crippen molar-refractivity contribution in [2.24, 2.45) is 5.92 Å². The normalized spacial score (nSPS) is 20.1. The number of halogens is 1. The number of rotatable bonds is 4. The molecule has 0 aromatic heterocycles. The fraction of sp³-hybridized carbons (Fsp3) is 0.625. The topological polar surface area (TPSA) is 15.3 Å². The molecule has 1 atom stereocenters. The SMILES string of the molecule is CC1CCCN(c2ccc(Br)cc2CNC(C)C)C1. The van der Waals surface area contributed by atoms with Gasteiger partial charge in [0.2, 0.25) is 0 Å². The van der Waals surface area contributed by atoms with Crippen LogP contribution in [0.1, 0.15) is 39.2 Å². The average Bonchev–Trinajstić information content (AvgIpc) is 2.36. The van der Waals surface area contributed by atoms with E-state index in [2.05, 4.69) is 65.1 Å². The molecule has 19 heavy (non-hydrogen) atoms. The molecule has 1 N–H and O–H groups in total. The minimum Gasteiger partial charge on any atom is -0.371 e. The Morgan fingerprint density at radius 3 is 2.89 bits per heavy atom. The molecule has 0 saturated carbocycles. The van der Waals surface area contributed by atoms with Crippen molar-refractivity contribution in [1.82, 2.24) is 5.32 Å². The summed E-state index contributed by atoms with van der Waals surface area (Å²) in [6.45, 7) is 10.1. The second kappa shape index (κ2) is 6.76. The molecule has 1 unspecified atom stereocenters. The Bertz CT molecular complexity index is 417. The number of benzene rings is 1. The van der Waals surface area contributed by atoms with Crippen molar-refractivity contribution in [3.8, 4) is 0 Å². The van der Waals surface area contributed by atoms with Crippen molar-refractivity contribution in [3.63, 3.8) is 0 Å². The molecule has 3 heteroatoms. The van der Waals surface area contributed by atoms with Gasteiger partial charge in [0.05, 0.1) is 0 Å². The third-order valence-electron chi connectivity index (χ3n) is 3.74. The maximum Gasteiger partial charge on any atom is 0.0412 e. The summed E-state index contributed by atoms with van der Waals surface area (Å²) in [5.41, 5.74) is 2.81. The molecule has 1 saturated heterocycles. The molecule has 1 aromatic carbocycles. The summed E-state index contributed by atoms with van der Waals surface area (Å²) in [4.78, 5) is 2.55. The summed E-state index contributed by atoms with van der Waals surface area (Å²) in [7, 11) is 0. The molecule has 1 aromatic rings. The maximum atomic E-state index is 3.59. The Labute approximate surface area is 125 Å². The first kappa shape index (κ1) is 14.9. The van der Waals surface area contributed by atoms with Gasteiger partial charge < -0.3 is 10.2 Å². The van der Waals surface area contributed by atoms with Crippen LogP contribution in [0.2, 0.25) is 0 Å². The van der Waals surface area contributed by atoms with Gasteiger partial charge in [-0.2, -0.15) is 0 Å². The van der Waals surface area contributed by atoms with Gasteiger partial charge in [0, 0.05) is 35.8 Å². The molecule has 0 radical (unpaired) electrons. The molecule has 1 heterocycles. The van der Waals surface area contributed by atoms with Crippen LogP contribution in [-0.2, 0) is 6.54 Å². The van der Waals surface area contributed by atoms with Gasteiger partial charge >= 0.3 is 0 Å². The van der Waals surface area contributed by atoms with E-state index < -0.39 is 0 Å². The molecule has 2 rings (SSSR count). The Morgan fingerprint density at radius 2 is 2.21 bits per heavy atom. The molecule has 1 aliphatic rings. The largest absolute Gasteiger partial charge is 0.371 e. The molecular weight excluding hydrogens is 300 g/mol. The molecule has 0 bridgehead atoms. The Balaban J connectivity index is 2.18. The number of hydrogen-bond donors (Lipinski definition) is 1. The monoisotopic (exact) mass is 324 g/mol. The minimum atomic E-state index is 0.520. The zero-order valence-electron chi connectivity index (χ0n) is 12.2. The van der Waals surface area contributed by atoms with Gasteiger partial charge in [-0.05, 0) is 42.5 Å². The van der Waals surface area contributed by atoms with Gasteiger partial charge in [0.25, 0.3) is 0 Å². The van der Waals surface area contributed by atoms with Crippen LogP contribution >= 0.6 is 15.9 Å². The predicted molar refractivity (Wildman–Crippen MR) is 86.7 cm³/mol. The summed E-state index contributed by atoms with van der Waals surface area (Å²) >= 11 is 3.59. The highest BCUT2D eigenvalue weighted by molar-refractivity contribution is 9.10. The highest BCUT2D eigenvalue weighted by Crippen LogP contribution is 2.28. The summed E-state index contributed by atoms with van der Waals surface area (Å²) in [6, 6.07) is 7.20. The summed E-state index contributed by atoms with van der Waals surface area (Å²) < 4.78 is 1.17. The Kier molecular flexibility index (Phi) is 5.28. The molecule has 106 valence electrons. The van der Waals surface area contributed by atoms with Crippen LogP contribution in [0.4, 0.5) is 5.69 Å². The molecule has 0 amide bonds. The van der Waals surface area contributed by atoms with Gasteiger partial charge in [-0.1, -0.05) is 36.7 Å². The third kappa shape index (κ3) is 4.22. The standard InChI is InChI=1S/C16H25BrN2/c1-12(2)18-10-14-9-15(17)6-7-16(14)19-8-4-5-13(3)11-19/h6-7,9,12-13,18H,4-5,8,10-11H2,1-3H3. The van der Waals surface area contributed by atoms with E-state index in [1.807, 2.05) is 0 Å². The molecule has 2 nitrogen and oxygen atoms in total. The first-order valence-electron chi connectivity index (χ1n) is 7.33. The first-order valence-corrected chi connectivity index (χ1v) is 8.12. The van der Waals surface area contributed by atoms with E-state index in [9.17, 15) is 0 Å². The number of nitrogens with zero attached hydrogens (tertiary/aromatic N) is 1. The molecule has 0 spiro atoms. The van der Waals surface area contributed by atoms with Crippen molar-refractivity contribution in [1.29, 1.82) is 0 Å². The van der Waals surface area contributed by atoms with Crippen LogP contribution in [0, 0.1) is 5.92 Å².